The molecule has 1 atom stereocenters. The predicted molar refractivity (Wildman–Crippen MR) is 109 cm³/mol. The number of carbonyl (C=O) groups excluding carboxylic acids is 2. The van der Waals surface area contributed by atoms with Gasteiger partial charge in [-0.25, -0.2) is 4.99 Å². The van der Waals surface area contributed by atoms with Gasteiger partial charge in [-0.3, -0.25) is 9.59 Å². The van der Waals surface area contributed by atoms with Crippen molar-refractivity contribution in [3.8, 4) is 5.75 Å². The lowest BCUT2D eigenvalue weighted by Gasteiger charge is -2.11. The van der Waals surface area contributed by atoms with Crippen molar-refractivity contribution >= 4 is 28.5 Å². The highest BCUT2D eigenvalue weighted by atomic mass is 16.5. The van der Waals surface area contributed by atoms with Crippen LogP contribution in [0, 0.1) is 0 Å². The molecule has 30 heavy (non-hydrogen) atoms. The summed E-state index contributed by atoms with van der Waals surface area (Å²) in [6, 6.07) is 12.6. The average Bonchev–Trinajstić information content (AvgIpc) is 3.25. The molecule has 1 aliphatic rings. The third-order valence-corrected chi connectivity index (χ3v) is 4.88. The molecule has 0 radical (unpaired) electrons. The topological polar surface area (TPSA) is 127 Å². The van der Waals surface area contributed by atoms with Gasteiger partial charge in [0.15, 0.2) is 0 Å². The first kappa shape index (κ1) is 19.7. The molecule has 154 valence electrons. The summed E-state index contributed by atoms with van der Waals surface area (Å²) in [5.74, 6) is -0.836. The third kappa shape index (κ3) is 4.33. The van der Waals surface area contributed by atoms with E-state index >= 15 is 0 Å². The van der Waals surface area contributed by atoms with Gasteiger partial charge < -0.3 is 25.3 Å². The number of aromatic hydroxyl groups is 1. The first-order valence-electron chi connectivity index (χ1n) is 9.61. The van der Waals surface area contributed by atoms with Gasteiger partial charge >= 0.3 is 0 Å². The lowest BCUT2D eigenvalue weighted by atomic mass is 10.1. The van der Waals surface area contributed by atoms with Gasteiger partial charge in [0.1, 0.15) is 16.9 Å². The Kier molecular flexibility index (Phi) is 5.49. The Balaban J connectivity index is 1.73. The highest BCUT2D eigenvalue weighted by molar-refractivity contribution is 5.96. The van der Waals surface area contributed by atoms with Crippen molar-refractivity contribution in [3.05, 3.63) is 65.2 Å². The van der Waals surface area contributed by atoms with Crippen molar-refractivity contribution in [2.75, 3.05) is 13.2 Å². The average molecular weight is 407 g/mol. The number of phenolic OH excluding ortho intramolecular Hbond substituents is 1. The van der Waals surface area contributed by atoms with Gasteiger partial charge in [-0.15, -0.1) is 0 Å². The Morgan fingerprint density at radius 1 is 1.17 bits per heavy atom. The second-order valence-corrected chi connectivity index (χ2v) is 7.06. The summed E-state index contributed by atoms with van der Waals surface area (Å²) in [4.78, 5) is 28.6. The van der Waals surface area contributed by atoms with Crippen LogP contribution in [0.4, 0.5) is 5.69 Å². The first-order chi connectivity index (χ1) is 14.5. The van der Waals surface area contributed by atoms with Gasteiger partial charge in [-0.2, -0.15) is 0 Å². The van der Waals surface area contributed by atoms with E-state index in [-0.39, 0.29) is 28.9 Å². The van der Waals surface area contributed by atoms with E-state index in [1.807, 2.05) is 0 Å². The third-order valence-electron chi connectivity index (χ3n) is 4.88. The Bertz CT molecular complexity index is 1160. The summed E-state index contributed by atoms with van der Waals surface area (Å²) in [6.07, 6.45) is 1.90. The van der Waals surface area contributed by atoms with Crippen LogP contribution in [0.15, 0.2) is 57.9 Å². The molecule has 0 aliphatic carbocycles. The minimum atomic E-state index is -0.540. The fourth-order valence-corrected chi connectivity index (χ4v) is 3.28. The van der Waals surface area contributed by atoms with Crippen molar-refractivity contribution in [2.45, 2.75) is 18.9 Å². The van der Waals surface area contributed by atoms with E-state index in [0.29, 0.717) is 35.4 Å². The molecule has 1 aliphatic heterocycles. The predicted octanol–water partition coefficient (Wildman–Crippen LogP) is 2.38. The Hall–Kier alpha value is -3.65. The lowest BCUT2D eigenvalue weighted by Crippen LogP contribution is -2.34. The van der Waals surface area contributed by atoms with Crippen molar-refractivity contribution in [1.29, 1.82) is 0 Å². The Morgan fingerprint density at radius 2 is 1.97 bits per heavy atom. The number of nitrogens with two attached hydrogens (primary N) is 1. The Labute approximate surface area is 172 Å². The van der Waals surface area contributed by atoms with Gasteiger partial charge in [0.25, 0.3) is 5.91 Å². The molecule has 1 unspecified atom stereocenters. The van der Waals surface area contributed by atoms with Gasteiger partial charge in [-0.05, 0) is 55.3 Å². The SMILES string of the molecule is NC(=O)c1ccc(N=c2oc3cc(O)ccc3cc2C(=O)NCC2CCCO2)cc1. The zero-order valence-corrected chi connectivity index (χ0v) is 16.1. The monoisotopic (exact) mass is 407 g/mol. The molecule has 4 rings (SSSR count). The van der Waals surface area contributed by atoms with Crippen LogP contribution in [-0.2, 0) is 4.74 Å². The van der Waals surface area contributed by atoms with E-state index in [1.165, 1.54) is 12.1 Å². The van der Waals surface area contributed by atoms with E-state index in [9.17, 15) is 14.7 Å². The van der Waals surface area contributed by atoms with Gasteiger partial charge in [-0.1, -0.05) is 0 Å². The lowest BCUT2D eigenvalue weighted by molar-refractivity contribution is 0.0854. The summed E-state index contributed by atoms with van der Waals surface area (Å²) < 4.78 is 11.4. The zero-order chi connectivity index (χ0) is 21.1. The number of rotatable bonds is 5. The number of hydrogen-bond donors (Lipinski definition) is 3. The largest absolute Gasteiger partial charge is 0.508 e. The van der Waals surface area contributed by atoms with Crippen LogP contribution in [0.2, 0.25) is 0 Å². The molecule has 1 aromatic heterocycles. The fourth-order valence-electron chi connectivity index (χ4n) is 3.28. The molecule has 4 N–H and O–H groups in total. The van der Waals surface area contributed by atoms with Crippen LogP contribution in [0.25, 0.3) is 11.0 Å². The summed E-state index contributed by atoms with van der Waals surface area (Å²) in [7, 11) is 0. The van der Waals surface area contributed by atoms with E-state index in [2.05, 4.69) is 10.3 Å². The number of carbonyl (C=O) groups is 2. The van der Waals surface area contributed by atoms with Crippen LogP contribution >= 0.6 is 0 Å². The number of hydrogen-bond acceptors (Lipinski definition) is 6. The maximum absolute atomic E-state index is 12.9. The van der Waals surface area contributed by atoms with E-state index < -0.39 is 5.91 Å². The number of fused-ring (bicyclic) bond motifs is 1. The molecule has 2 aromatic carbocycles. The van der Waals surface area contributed by atoms with Crippen molar-refractivity contribution in [1.82, 2.24) is 5.32 Å². The maximum Gasteiger partial charge on any atom is 0.256 e. The summed E-state index contributed by atoms with van der Waals surface area (Å²) in [5, 5.41) is 13.3. The van der Waals surface area contributed by atoms with E-state index in [4.69, 9.17) is 14.9 Å². The van der Waals surface area contributed by atoms with E-state index in [1.54, 1.807) is 36.4 Å². The number of primary amides is 1. The molecular formula is C22H21N3O5. The van der Waals surface area contributed by atoms with Crippen molar-refractivity contribution < 1.29 is 23.8 Å². The highest BCUT2D eigenvalue weighted by Crippen LogP contribution is 2.20. The highest BCUT2D eigenvalue weighted by Gasteiger charge is 2.18. The molecule has 8 nitrogen and oxygen atoms in total. The molecule has 2 heterocycles. The molecule has 8 heteroatoms. The second kappa shape index (κ2) is 8.38. The number of ether oxygens (including phenoxy) is 1. The number of phenols is 1. The molecule has 1 fully saturated rings. The van der Waals surface area contributed by atoms with Crippen molar-refractivity contribution in [3.63, 3.8) is 0 Å². The molecular weight excluding hydrogens is 386 g/mol. The first-order valence-corrected chi connectivity index (χ1v) is 9.61. The normalized spacial score (nSPS) is 16.7. The fraction of sp³-hybridized carbons (Fsp3) is 0.227. The van der Waals surface area contributed by atoms with E-state index in [0.717, 1.165) is 12.8 Å². The minimum absolute atomic E-state index is 0.00465. The van der Waals surface area contributed by atoms with Gasteiger partial charge in [0, 0.05) is 30.2 Å². The molecule has 1 saturated heterocycles. The molecule has 2 amide bonds. The zero-order valence-electron chi connectivity index (χ0n) is 16.1. The van der Waals surface area contributed by atoms with Crippen molar-refractivity contribution in [2.24, 2.45) is 10.7 Å². The smallest absolute Gasteiger partial charge is 0.256 e. The maximum atomic E-state index is 12.9. The number of nitrogens with zero attached hydrogens (tertiary/aromatic N) is 1. The summed E-state index contributed by atoms with van der Waals surface area (Å²) >= 11 is 0. The summed E-state index contributed by atoms with van der Waals surface area (Å²) in [5.41, 5.74) is 6.83. The van der Waals surface area contributed by atoms with Crippen LogP contribution in [0.5, 0.6) is 5.75 Å². The second-order valence-electron chi connectivity index (χ2n) is 7.06. The Morgan fingerprint density at radius 3 is 2.67 bits per heavy atom. The number of amides is 2. The number of benzene rings is 2. The number of nitrogens with one attached hydrogen (secondary N) is 1. The standard InChI is InChI=1S/C22H21N3O5/c23-20(27)13-3-6-15(7-4-13)25-22-18(21(28)24-12-17-2-1-9-29-17)10-14-5-8-16(26)11-19(14)30-22/h3-8,10-11,17,26H,1-2,9,12H2,(H2,23,27)(H,24,28). The van der Waals surface area contributed by atoms with Crippen LogP contribution in [-0.4, -0.2) is 36.2 Å². The molecule has 0 bridgehead atoms. The molecule has 3 aromatic rings. The minimum Gasteiger partial charge on any atom is -0.508 e. The van der Waals surface area contributed by atoms with Crippen LogP contribution < -0.4 is 16.6 Å². The molecule has 0 spiro atoms. The van der Waals surface area contributed by atoms with Gasteiger partial charge in [0.05, 0.1) is 11.8 Å². The molecule has 0 saturated carbocycles. The van der Waals surface area contributed by atoms with Gasteiger partial charge in [0.2, 0.25) is 11.5 Å². The van der Waals surface area contributed by atoms with Crippen LogP contribution in [0.1, 0.15) is 33.6 Å². The quantitative estimate of drug-likeness (QED) is 0.598. The summed E-state index contributed by atoms with van der Waals surface area (Å²) in [6.45, 7) is 1.11. The van der Waals surface area contributed by atoms with Crippen LogP contribution in [0.3, 0.4) is 0 Å².